The van der Waals surface area contributed by atoms with Crippen LogP contribution >= 0.6 is 24.8 Å². The standard InChI is InChI=1S/C20H24N6O2.2ClH/c27-19-17(11-14-12-22-18-16(14)4-1-5-21-18)23-20(24-19)26-8-6-25(7-9-26)13-15-3-2-10-28-15;;/h1,4-5,11-12,15,27H,2-3,6-10,13H2,(H,23,24);2*1H. The SMILES string of the molecule is Cl.Cl.Oc1nc(N2CCN(CC3CCCO3)CC2)[nH]c1C=C1C=Nc2ncccc21. The summed E-state index contributed by atoms with van der Waals surface area (Å²) in [7, 11) is 0. The third kappa shape index (κ3) is 4.62. The lowest BCUT2D eigenvalue weighted by molar-refractivity contribution is 0.0712. The van der Waals surface area contributed by atoms with Gasteiger partial charge >= 0.3 is 0 Å². The molecule has 30 heavy (non-hydrogen) atoms. The Balaban J connectivity index is 0.00000128. The number of pyridine rings is 1. The van der Waals surface area contributed by atoms with Crippen LogP contribution in [0.2, 0.25) is 0 Å². The van der Waals surface area contributed by atoms with Gasteiger partial charge in [-0.05, 0) is 31.1 Å². The van der Waals surface area contributed by atoms with Crippen LogP contribution in [0.15, 0.2) is 23.3 Å². The molecule has 2 aromatic rings. The van der Waals surface area contributed by atoms with Gasteiger partial charge in [0.2, 0.25) is 11.8 Å². The number of halogens is 2. The number of piperazine rings is 1. The van der Waals surface area contributed by atoms with E-state index in [1.165, 1.54) is 12.8 Å². The molecule has 5 rings (SSSR count). The number of nitrogens with zero attached hydrogens (tertiary/aromatic N) is 5. The maximum Gasteiger partial charge on any atom is 0.238 e. The van der Waals surface area contributed by atoms with Gasteiger partial charge in [0.1, 0.15) is 5.69 Å². The molecule has 0 aromatic carbocycles. The van der Waals surface area contributed by atoms with Crippen molar-refractivity contribution in [2.75, 3.05) is 44.2 Å². The molecule has 1 atom stereocenters. The van der Waals surface area contributed by atoms with E-state index in [0.717, 1.165) is 50.5 Å². The van der Waals surface area contributed by atoms with Crippen LogP contribution in [0.25, 0.3) is 11.6 Å². The molecule has 0 spiro atoms. The van der Waals surface area contributed by atoms with Gasteiger partial charge < -0.3 is 19.7 Å². The highest BCUT2D eigenvalue weighted by atomic mass is 35.5. The van der Waals surface area contributed by atoms with Crippen LogP contribution in [0.3, 0.4) is 0 Å². The molecule has 0 amide bonds. The van der Waals surface area contributed by atoms with Gasteiger partial charge in [-0.2, -0.15) is 4.98 Å². The molecule has 3 aliphatic heterocycles. The van der Waals surface area contributed by atoms with Crippen LogP contribution in [0.5, 0.6) is 5.88 Å². The second-order valence-corrected chi connectivity index (χ2v) is 7.45. The van der Waals surface area contributed by atoms with E-state index >= 15 is 0 Å². The first-order valence-electron chi connectivity index (χ1n) is 9.85. The van der Waals surface area contributed by atoms with Gasteiger partial charge in [0.05, 0.1) is 6.10 Å². The highest BCUT2D eigenvalue weighted by molar-refractivity contribution is 6.20. The number of fused-ring (bicyclic) bond motifs is 1. The van der Waals surface area contributed by atoms with E-state index in [1.807, 2.05) is 18.2 Å². The van der Waals surface area contributed by atoms with Crippen LogP contribution in [0, 0.1) is 0 Å². The van der Waals surface area contributed by atoms with Gasteiger partial charge in [-0.25, -0.2) is 9.98 Å². The summed E-state index contributed by atoms with van der Waals surface area (Å²) in [6.45, 7) is 5.63. The number of hydrogen-bond acceptors (Lipinski definition) is 7. The molecule has 0 saturated carbocycles. The molecule has 2 fully saturated rings. The van der Waals surface area contributed by atoms with Gasteiger partial charge in [0.15, 0.2) is 5.82 Å². The molecular weight excluding hydrogens is 427 g/mol. The maximum atomic E-state index is 10.3. The number of rotatable bonds is 4. The monoisotopic (exact) mass is 452 g/mol. The number of allylic oxidation sites excluding steroid dienone is 1. The maximum absolute atomic E-state index is 10.3. The Morgan fingerprint density at radius 2 is 2.07 bits per heavy atom. The van der Waals surface area contributed by atoms with Crippen LogP contribution < -0.4 is 4.90 Å². The molecule has 1 unspecified atom stereocenters. The highest BCUT2D eigenvalue weighted by Crippen LogP contribution is 2.32. The summed E-state index contributed by atoms with van der Waals surface area (Å²) in [5.41, 5.74) is 2.46. The van der Waals surface area contributed by atoms with E-state index in [0.29, 0.717) is 23.6 Å². The molecule has 2 aromatic heterocycles. The normalized spacial score (nSPS) is 22.1. The summed E-state index contributed by atoms with van der Waals surface area (Å²) >= 11 is 0. The van der Waals surface area contributed by atoms with Gasteiger partial charge in [-0.15, -0.1) is 24.8 Å². The van der Waals surface area contributed by atoms with Crippen molar-refractivity contribution in [1.82, 2.24) is 19.9 Å². The minimum Gasteiger partial charge on any atom is -0.492 e. The predicted octanol–water partition coefficient (Wildman–Crippen LogP) is 2.91. The minimum atomic E-state index is 0. The number of aromatic amines is 1. The van der Waals surface area contributed by atoms with Crippen molar-refractivity contribution in [3.63, 3.8) is 0 Å². The molecular formula is C20H26Cl2N6O2. The largest absolute Gasteiger partial charge is 0.492 e. The first-order valence-corrected chi connectivity index (χ1v) is 9.85. The van der Waals surface area contributed by atoms with Crippen LogP contribution in [-0.4, -0.2) is 76.6 Å². The number of aromatic hydroxyl groups is 1. The third-order valence-electron chi connectivity index (χ3n) is 5.58. The number of anilines is 1. The van der Waals surface area contributed by atoms with E-state index in [-0.39, 0.29) is 30.7 Å². The smallest absolute Gasteiger partial charge is 0.238 e. The van der Waals surface area contributed by atoms with Crippen LogP contribution in [0.4, 0.5) is 11.8 Å². The summed E-state index contributed by atoms with van der Waals surface area (Å²) in [6, 6.07) is 3.86. The lowest BCUT2D eigenvalue weighted by Gasteiger charge is -2.35. The minimum absolute atomic E-state index is 0. The molecule has 0 radical (unpaired) electrons. The zero-order valence-corrected chi connectivity index (χ0v) is 18.2. The fourth-order valence-electron chi connectivity index (χ4n) is 4.03. The Bertz CT molecular complexity index is 918. The lowest BCUT2D eigenvalue weighted by Crippen LogP contribution is -2.48. The average Bonchev–Trinajstić information content (AvgIpc) is 3.45. The summed E-state index contributed by atoms with van der Waals surface area (Å²) in [5, 5.41) is 10.3. The summed E-state index contributed by atoms with van der Waals surface area (Å²) in [4.78, 5) is 20.8. The first-order chi connectivity index (χ1) is 13.8. The fourth-order valence-corrected chi connectivity index (χ4v) is 4.03. The van der Waals surface area contributed by atoms with Gasteiger partial charge in [-0.3, -0.25) is 4.90 Å². The molecule has 5 heterocycles. The fraction of sp³-hybridized carbons (Fsp3) is 0.450. The molecule has 162 valence electrons. The lowest BCUT2D eigenvalue weighted by atomic mass is 10.1. The summed E-state index contributed by atoms with van der Waals surface area (Å²) < 4.78 is 5.75. The topological polar surface area (TPSA) is 89.9 Å². The Labute approximate surface area is 187 Å². The Morgan fingerprint density at radius 3 is 2.83 bits per heavy atom. The molecule has 0 aliphatic carbocycles. The second kappa shape index (κ2) is 9.78. The number of ether oxygens (including phenoxy) is 1. The van der Waals surface area contributed by atoms with Gasteiger partial charge in [0.25, 0.3) is 0 Å². The van der Waals surface area contributed by atoms with Crippen molar-refractivity contribution in [1.29, 1.82) is 0 Å². The van der Waals surface area contributed by atoms with Crippen molar-refractivity contribution in [3.8, 4) is 5.88 Å². The second-order valence-electron chi connectivity index (χ2n) is 7.45. The van der Waals surface area contributed by atoms with Crippen molar-refractivity contribution >= 4 is 54.4 Å². The molecule has 2 saturated heterocycles. The number of aliphatic imine (C=N–C) groups is 1. The van der Waals surface area contributed by atoms with Crippen molar-refractivity contribution in [2.24, 2.45) is 4.99 Å². The highest BCUT2D eigenvalue weighted by Gasteiger charge is 2.24. The van der Waals surface area contributed by atoms with E-state index in [1.54, 1.807) is 12.4 Å². The average molecular weight is 453 g/mol. The van der Waals surface area contributed by atoms with Gasteiger partial charge in [-0.1, -0.05) is 0 Å². The Morgan fingerprint density at radius 1 is 1.23 bits per heavy atom. The molecule has 3 aliphatic rings. The van der Waals surface area contributed by atoms with E-state index in [9.17, 15) is 5.11 Å². The van der Waals surface area contributed by atoms with E-state index in [2.05, 4.69) is 29.7 Å². The number of hydrogen-bond donors (Lipinski definition) is 2. The number of H-pyrrole nitrogens is 1. The Kier molecular flexibility index (Phi) is 7.36. The van der Waals surface area contributed by atoms with Crippen LogP contribution in [-0.2, 0) is 4.74 Å². The molecule has 8 nitrogen and oxygen atoms in total. The van der Waals surface area contributed by atoms with Gasteiger partial charge in [0, 0.05) is 62.9 Å². The zero-order valence-electron chi connectivity index (χ0n) is 16.5. The summed E-state index contributed by atoms with van der Waals surface area (Å²) in [6.07, 6.45) is 8.11. The molecule has 10 heteroatoms. The van der Waals surface area contributed by atoms with E-state index in [4.69, 9.17) is 4.74 Å². The van der Waals surface area contributed by atoms with E-state index < -0.39 is 0 Å². The number of nitrogens with one attached hydrogen (secondary N) is 1. The van der Waals surface area contributed by atoms with Crippen molar-refractivity contribution in [3.05, 3.63) is 29.6 Å². The zero-order chi connectivity index (χ0) is 18.9. The number of imidazole rings is 1. The Hall–Kier alpha value is -2.13. The molecule has 2 N–H and O–H groups in total. The van der Waals surface area contributed by atoms with Crippen molar-refractivity contribution in [2.45, 2.75) is 18.9 Å². The number of aromatic nitrogens is 3. The third-order valence-corrected chi connectivity index (χ3v) is 5.58. The van der Waals surface area contributed by atoms with Crippen LogP contribution in [0.1, 0.15) is 24.1 Å². The first kappa shape index (κ1) is 22.6. The predicted molar refractivity (Wildman–Crippen MR) is 123 cm³/mol. The quantitative estimate of drug-likeness (QED) is 0.740. The summed E-state index contributed by atoms with van der Waals surface area (Å²) in [5.74, 6) is 1.42. The van der Waals surface area contributed by atoms with Crippen molar-refractivity contribution < 1.29 is 9.84 Å². The molecule has 0 bridgehead atoms.